The molecule has 0 saturated heterocycles. The number of nitrogens with zero attached hydrogens (tertiary/aromatic N) is 1. The average molecular weight is 380 g/mol. The molecule has 27 heavy (non-hydrogen) atoms. The molecule has 136 valence electrons. The van der Waals surface area contributed by atoms with Crippen LogP contribution in [0.2, 0.25) is 0 Å². The molecule has 0 aliphatic carbocycles. The van der Waals surface area contributed by atoms with Gasteiger partial charge >= 0.3 is 0 Å². The molecule has 1 N–H and O–H groups in total. The van der Waals surface area contributed by atoms with Gasteiger partial charge in [0, 0.05) is 16.3 Å². The van der Waals surface area contributed by atoms with Crippen molar-refractivity contribution < 1.29 is 13.6 Å². The number of amides is 1. The van der Waals surface area contributed by atoms with Gasteiger partial charge in [0.2, 0.25) is 5.91 Å². The van der Waals surface area contributed by atoms with Crippen molar-refractivity contribution in [2.45, 2.75) is 19.4 Å². The molecule has 0 bridgehead atoms. The Labute approximate surface area is 159 Å². The predicted octanol–water partition coefficient (Wildman–Crippen LogP) is 5.12. The summed E-state index contributed by atoms with van der Waals surface area (Å²) in [4.78, 5) is 16.8. The molecule has 1 unspecified atom stereocenters. The molecule has 0 radical (unpaired) electrons. The van der Waals surface area contributed by atoms with Crippen LogP contribution in [-0.2, 0) is 11.2 Å². The molecular weight excluding hydrogens is 363 g/mol. The average Bonchev–Trinajstić information content (AvgIpc) is 3.29. The van der Waals surface area contributed by atoms with Gasteiger partial charge in [0.25, 0.3) is 0 Å². The van der Waals surface area contributed by atoms with Crippen molar-refractivity contribution in [3.63, 3.8) is 0 Å². The normalized spacial score (nSPS) is 12.2. The minimum absolute atomic E-state index is 0.126. The summed E-state index contributed by atoms with van der Waals surface area (Å²) in [6, 6.07) is 15.6. The van der Waals surface area contributed by atoms with Crippen molar-refractivity contribution in [2.75, 3.05) is 0 Å². The molecule has 0 fully saturated rings. The summed E-state index contributed by atoms with van der Waals surface area (Å²) in [5.41, 5.74) is 2.33. The summed E-state index contributed by atoms with van der Waals surface area (Å²) < 4.78 is 18.8. The third-order valence-electron chi connectivity index (χ3n) is 4.23. The number of hydrogen-bond acceptors (Lipinski definition) is 4. The number of rotatable bonds is 5. The molecule has 4 rings (SSSR count). The molecule has 4 aromatic rings. The SMILES string of the molecule is CC(NC(=O)Cc1csc(-c2ccc(F)cc2)n1)c1cc2ccccc2o1. The quantitative estimate of drug-likeness (QED) is 0.523. The van der Waals surface area contributed by atoms with Crippen molar-refractivity contribution in [1.29, 1.82) is 0 Å². The fourth-order valence-electron chi connectivity index (χ4n) is 2.86. The molecule has 0 aliphatic rings. The van der Waals surface area contributed by atoms with Crippen LogP contribution >= 0.6 is 11.3 Å². The third-order valence-corrected chi connectivity index (χ3v) is 5.17. The lowest BCUT2D eigenvalue weighted by Crippen LogP contribution is -2.27. The molecule has 2 heterocycles. The van der Waals surface area contributed by atoms with Crippen LogP contribution in [0.3, 0.4) is 0 Å². The summed E-state index contributed by atoms with van der Waals surface area (Å²) in [5, 5.41) is 6.57. The Bertz CT molecular complexity index is 1050. The van der Waals surface area contributed by atoms with E-state index in [1.54, 1.807) is 12.1 Å². The van der Waals surface area contributed by atoms with E-state index in [0.29, 0.717) is 5.69 Å². The van der Waals surface area contributed by atoms with Crippen molar-refractivity contribution >= 4 is 28.2 Å². The van der Waals surface area contributed by atoms with Gasteiger partial charge in [0.15, 0.2) is 0 Å². The Morgan fingerprint density at radius 3 is 2.78 bits per heavy atom. The maximum atomic E-state index is 13.0. The Hall–Kier alpha value is -2.99. The number of hydrogen-bond donors (Lipinski definition) is 1. The second-order valence-electron chi connectivity index (χ2n) is 6.30. The molecule has 6 heteroatoms. The van der Waals surface area contributed by atoms with E-state index >= 15 is 0 Å². The van der Waals surface area contributed by atoms with Gasteiger partial charge < -0.3 is 9.73 Å². The zero-order valence-corrected chi connectivity index (χ0v) is 15.4. The lowest BCUT2D eigenvalue weighted by molar-refractivity contribution is -0.121. The highest BCUT2D eigenvalue weighted by atomic mass is 32.1. The van der Waals surface area contributed by atoms with Crippen LogP contribution in [0.4, 0.5) is 4.39 Å². The molecule has 1 amide bonds. The summed E-state index contributed by atoms with van der Waals surface area (Å²) in [7, 11) is 0. The highest BCUT2D eigenvalue weighted by Crippen LogP contribution is 2.25. The first-order chi connectivity index (χ1) is 13.1. The molecule has 0 spiro atoms. The zero-order valence-electron chi connectivity index (χ0n) is 14.6. The number of thiazole rings is 1. The minimum atomic E-state index is -0.283. The van der Waals surface area contributed by atoms with Crippen molar-refractivity contribution in [1.82, 2.24) is 10.3 Å². The lowest BCUT2D eigenvalue weighted by atomic mass is 10.2. The van der Waals surface area contributed by atoms with Gasteiger partial charge in [-0.1, -0.05) is 18.2 Å². The predicted molar refractivity (Wildman–Crippen MR) is 104 cm³/mol. The van der Waals surface area contributed by atoms with Crippen LogP contribution in [0.15, 0.2) is 64.4 Å². The van der Waals surface area contributed by atoms with Crippen molar-refractivity contribution in [3.8, 4) is 10.6 Å². The number of carbonyl (C=O) groups excluding carboxylic acids is 1. The summed E-state index contributed by atoms with van der Waals surface area (Å²) >= 11 is 1.44. The van der Waals surface area contributed by atoms with Crippen LogP contribution in [0.5, 0.6) is 0 Å². The van der Waals surface area contributed by atoms with Gasteiger partial charge in [-0.25, -0.2) is 9.37 Å². The van der Waals surface area contributed by atoms with Crippen LogP contribution < -0.4 is 5.32 Å². The van der Waals surface area contributed by atoms with Gasteiger partial charge in [0.1, 0.15) is 22.2 Å². The van der Waals surface area contributed by atoms with Crippen LogP contribution in [0.1, 0.15) is 24.4 Å². The maximum absolute atomic E-state index is 13.0. The maximum Gasteiger partial charge on any atom is 0.226 e. The fraction of sp³-hybridized carbons (Fsp3) is 0.143. The fourth-order valence-corrected chi connectivity index (χ4v) is 3.68. The highest BCUT2D eigenvalue weighted by Gasteiger charge is 2.15. The topological polar surface area (TPSA) is 55.1 Å². The van der Waals surface area contributed by atoms with E-state index in [0.717, 1.165) is 27.3 Å². The van der Waals surface area contributed by atoms with Crippen LogP contribution in [0.25, 0.3) is 21.5 Å². The number of furan rings is 1. The Kier molecular flexibility index (Phi) is 4.73. The van der Waals surface area contributed by atoms with E-state index in [1.807, 2.05) is 42.6 Å². The van der Waals surface area contributed by atoms with Crippen LogP contribution in [0, 0.1) is 5.82 Å². The molecule has 2 aromatic carbocycles. The zero-order chi connectivity index (χ0) is 18.8. The van der Waals surface area contributed by atoms with E-state index in [4.69, 9.17) is 4.42 Å². The lowest BCUT2D eigenvalue weighted by Gasteiger charge is -2.10. The number of aromatic nitrogens is 1. The molecule has 0 saturated carbocycles. The standard InChI is InChI=1S/C21H17FN2O2S/c1-13(19-10-15-4-2-3-5-18(15)26-19)23-20(25)11-17-12-27-21(24-17)14-6-8-16(22)9-7-14/h2-10,12-13H,11H2,1H3,(H,23,25). The smallest absolute Gasteiger partial charge is 0.226 e. The van der Waals surface area contributed by atoms with Gasteiger partial charge in [-0.3, -0.25) is 4.79 Å². The number of nitrogens with one attached hydrogen (secondary N) is 1. The van der Waals surface area contributed by atoms with Gasteiger partial charge in [-0.05, 0) is 43.3 Å². The van der Waals surface area contributed by atoms with E-state index in [2.05, 4.69) is 10.3 Å². The monoisotopic (exact) mass is 380 g/mol. The first kappa shape index (κ1) is 17.4. The van der Waals surface area contributed by atoms with Crippen molar-refractivity contribution in [3.05, 3.63) is 77.2 Å². The Morgan fingerprint density at radius 1 is 1.22 bits per heavy atom. The van der Waals surface area contributed by atoms with E-state index in [-0.39, 0.29) is 24.2 Å². The summed E-state index contributed by atoms with van der Waals surface area (Å²) in [5.74, 6) is 0.309. The number of fused-ring (bicyclic) bond motifs is 1. The Morgan fingerprint density at radius 2 is 2.00 bits per heavy atom. The minimum Gasteiger partial charge on any atom is -0.459 e. The van der Waals surface area contributed by atoms with E-state index in [9.17, 15) is 9.18 Å². The largest absolute Gasteiger partial charge is 0.459 e. The van der Waals surface area contributed by atoms with Gasteiger partial charge in [-0.2, -0.15) is 0 Å². The first-order valence-electron chi connectivity index (χ1n) is 8.56. The number of para-hydroxylation sites is 1. The molecule has 1 atom stereocenters. The van der Waals surface area contributed by atoms with Gasteiger partial charge in [-0.15, -0.1) is 11.3 Å². The van der Waals surface area contributed by atoms with Crippen molar-refractivity contribution in [2.24, 2.45) is 0 Å². The molecular formula is C21H17FN2O2S. The summed E-state index contributed by atoms with van der Waals surface area (Å²) in [6.07, 6.45) is 0.183. The first-order valence-corrected chi connectivity index (χ1v) is 9.44. The molecule has 4 nitrogen and oxygen atoms in total. The summed E-state index contributed by atoms with van der Waals surface area (Å²) in [6.45, 7) is 1.89. The molecule has 2 aromatic heterocycles. The number of carbonyl (C=O) groups is 1. The van der Waals surface area contributed by atoms with Crippen LogP contribution in [-0.4, -0.2) is 10.9 Å². The van der Waals surface area contributed by atoms with Gasteiger partial charge in [0.05, 0.1) is 18.2 Å². The van der Waals surface area contributed by atoms with E-state index < -0.39 is 0 Å². The second-order valence-corrected chi connectivity index (χ2v) is 7.16. The van der Waals surface area contributed by atoms with E-state index in [1.165, 1.54) is 23.5 Å². The highest BCUT2D eigenvalue weighted by molar-refractivity contribution is 7.13. The number of benzene rings is 2. The number of halogens is 1. The Balaban J connectivity index is 1.41. The molecule has 0 aliphatic heterocycles. The third kappa shape index (κ3) is 3.90. The second kappa shape index (κ2) is 7.32.